The van der Waals surface area contributed by atoms with Crippen molar-refractivity contribution < 1.29 is 19.4 Å². The number of Topliss-reactive ketones (excluding diaryl/α,β-unsaturated/α-hetero) is 1. The van der Waals surface area contributed by atoms with E-state index in [1.807, 2.05) is 31.2 Å². The zero-order chi connectivity index (χ0) is 28.2. The number of ketones is 1. The lowest BCUT2D eigenvalue weighted by atomic mass is 9.95. The Hall–Kier alpha value is -3.47. The van der Waals surface area contributed by atoms with Gasteiger partial charge in [-0.1, -0.05) is 85.0 Å². The molecule has 2 aromatic carbocycles. The Kier molecular flexibility index (Phi) is 8.68. The van der Waals surface area contributed by atoms with E-state index >= 15 is 0 Å². The van der Waals surface area contributed by atoms with E-state index in [9.17, 15) is 14.7 Å². The molecule has 0 saturated heterocycles. The highest BCUT2D eigenvalue weighted by molar-refractivity contribution is 8.00. The van der Waals surface area contributed by atoms with Crippen LogP contribution in [0.25, 0.3) is 0 Å². The van der Waals surface area contributed by atoms with Gasteiger partial charge in [-0.2, -0.15) is 0 Å². The topological polar surface area (TPSA) is 92.6 Å². The summed E-state index contributed by atoms with van der Waals surface area (Å²) >= 11 is 4.04. The molecular weight excluding hydrogens is 563 g/mol. The molecule has 2 aromatic heterocycles. The van der Waals surface area contributed by atoms with Crippen LogP contribution >= 0.6 is 34.4 Å². The smallest absolute Gasteiger partial charge is 0.296 e. The van der Waals surface area contributed by atoms with E-state index in [-0.39, 0.29) is 5.57 Å². The number of carbonyl (C=O) groups is 2. The van der Waals surface area contributed by atoms with Gasteiger partial charge in [-0.25, -0.2) is 0 Å². The minimum absolute atomic E-state index is 0.0239. The SMILES string of the molecule is Cc1ccc(CSc2nnc(N3C(=O)C(O)=C(C(=O)c4cccs4)C3c3cccc(OCCC(C)C)c3)s2)cc1. The summed E-state index contributed by atoms with van der Waals surface area (Å²) in [6.07, 6.45) is 0.898. The molecule has 1 aliphatic rings. The third kappa shape index (κ3) is 6.14. The fourth-order valence-corrected chi connectivity index (χ4v) is 6.77. The normalized spacial score (nSPS) is 15.3. The number of benzene rings is 2. The maximum absolute atomic E-state index is 13.6. The zero-order valence-electron chi connectivity index (χ0n) is 22.4. The predicted molar refractivity (Wildman–Crippen MR) is 161 cm³/mol. The number of ether oxygens (including phenoxy) is 1. The van der Waals surface area contributed by atoms with Gasteiger partial charge in [0.25, 0.3) is 5.91 Å². The first-order valence-electron chi connectivity index (χ1n) is 12.9. The van der Waals surface area contributed by atoms with Crippen molar-refractivity contribution in [3.05, 3.63) is 98.9 Å². The number of hydrogen-bond donors (Lipinski definition) is 1. The number of hydrogen-bond acceptors (Lipinski definition) is 9. The van der Waals surface area contributed by atoms with E-state index in [2.05, 4.69) is 48.3 Å². The van der Waals surface area contributed by atoms with E-state index < -0.39 is 23.5 Å². The molecule has 4 aromatic rings. The van der Waals surface area contributed by atoms with Crippen LogP contribution in [0.4, 0.5) is 5.13 Å². The first kappa shape index (κ1) is 28.1. The Balaban J connectivity index is 1.47. The standard InChI is InChI=1S/C30H29N3O4S3/c1-18(2)13-14-37-22-7-4-6-21(16-22)25-24(26(34)23-8-5-15-38-23)27(35)28(36)33(25)29-31-32-30(40-29)39-17-20-11-9-19(3)10-12-20/h4-12,15-16,18,25,35H,13-14,17H2,1-3H3. The molecule has 1 amide bonds. The van der Waals surface area contributed by atoms with Crippen LogP contribution in [0, 0.1) is 12.8 Å². The fourth-order valence-electron chi connectivity index (χ4n) is 4.26. The zero-order valence-corrected chi connectivity index (χ0v) is 24.8. The van der Waals surface area contributed by atoms with Gasteiger partial charge in [0.15, 0.2) is 10.1 Å². The second-order valence-electron chi connectivity index (χ2n) is 9.87. The molecule has 1 N–H and O–H groups in total. The monoisotopic (exact) mass is 591 g/mol. The number of amides is 1. The lowest BCUT2D eigenvalue weighted by molar-refractivity contribution is -0.117. The molecule has 3 heterocycles. The maximum atomic E-state index is 13.6. The maximum Gasteiger partial charge on any atom is 0.296 e. The minimum Gasteiger partial charge on any atom is -0.503 e. The Morgan fingerprint density at radius 2 is 1.93 bits per heavy atom. The number of thioether (sulfide) groups is 1. The van der Waals surface area contributed by atoms with Gasteiger partial charge in [-0.15, -0.1) is 21.5 Å². The van der Waals surface area contributed by atoms with Gasteiger partial charge >= 0.3 is 0 Å². The lowest BCUT2D eigenvalue weighted by Gasteiger charge is -2.24. The van der Waals surface area contributed by atoms with Crippen LogP contribution in [0.5, 0.6) is 5.75 Å². The van der Waals surface area contributed by atoms with Crippen LogP contribution in [-0.2, 0) is 10.5 Å². The summed E-state index contributed by atoms with van der Waals surface area (Å²) in [6, 6.07) is 18.2. The summed E-state index contributed by atoms with van der Waals surface area (Å²) < 4.78 is 6.66. The van der Waals surface area contributed by atoms with Gasteiger partial charge < -0.3 is 9.84 Å². The highest BCUT2D eigenvalue weighted by atomic mass is 32.2. The molecule has 40 heavy (non-hydrogen) atoms. The van der Waals surface area contributed by atoms with E-state index in [4.69, 9.17) is 4.74 Å². The average Bonchev–Trinajstić information content (AvgIpc) is 3.69. The summed E-state index contributed by atoms with van der Waals surface area (Å²) in [5.74, 6) is 0.190. The van der Waals surface area contributed by atoms with Gasteiger partial charge in [-0.3, -0.25) is 14.5 Å². The molecule has 10 heteroatoms. The second-order valence-corrected chi connectivity index (χ2v) is 13.0. The molecule has 1 aliphatic heterocycles. The quantitative estimate of drug-likeness (QED) is 0.110. The highest BCUT2D eigenvalue weighted by Crippen LogP contribution is 2.44. The third-order valence-corrected chi connectivity index (χ3v) is 9.42. The lowest BCUT2D eigenvalue weighted by Crippen LogP contribution is -2.31. The molecule has 5 rings (SSSR count). The van der Waals surface area contributed by atoms with E-state index in [0.29, 0.717) is 43.9 Å². The van der Waals surface area contributed by atoms with Crippen molar-refractivity contribution in [3.8, 4) is 5.75 Å². The number of rotatable bonds is 11. The predicted octanol–water partition coefficient (Wildman–Crippen LogP) is 7.41. The highest BCUT2D eigenvalue weighted by Gasteiger charge is 2.46. The Bertz CT molecular complexity index is 1530. The van der Waals surface area contributed by atoms with Crippen molar-refractivity contribution >= 4 is 51.3 Å². The van der Waals surface area contributed by atoms with Crippen LogP contribution in [0.2, 0.25) is 0 Å². The number of thiophene rings is 1. The fraction of sp³-hybridized carbons (Fsp3) is 0.267. The van der Waals surface area contributed by atoms with Crippen LogP contribution < -0.4 is 9.64 Å². The van der Waals surface area contributed by atoms with Crippen molar-refractivity contribution in [2.24, 2.45) is 5.92 Å². The van der Waals surface area contributed by atoms with E-state index in [0.717, 1.165) is 12.0 Å². The van der Waals surface area contributed by atoms with Crippen molar-refractivity contribution in [2.45, 2.75) is 43.3 Å². The van der Waals surface area contributed by atoms with Crippen molar-refractivity contribution in [1.29, 1.82) is 0 Å². The Labute approximate surface area is 245 Å². The first-order valence-corrected chi connectivity index (χ1v) is 15.6. The Morgan fingerprint density at radius 3 is 2.65 bits per heavy atom. The summed E-state index contributed by atoms with van der Waals surface area (Å²) in [5, 5.41) is 21.8. The van der Waals surface area contributed by atoms with E-state index in [1.54, 1.807) is 17.5 Å². The molecule has 0 fully saturated rings. The van der Waals surface area contributed by atoms with Crippen LogP contribution in [0.3, 0.4) is 0 Å². The third-order valence-electron chi connectivity index (χ3n) is 6.42. The average molecular weight is 592 g/mol. The Morgan fingerprint density at radius 1 is 1.12 bits per heavy atom. The summed E-state index contributed by atoms with van der Waals surface area (Å²) in [5.41, 5.74) is 3.01. The first-order chi connectivity index (χ1) is 19.3. The van der Waals surface area contributed by atoms with Crippen molar-refractivity contribution in [3.63, 3.8) is 0 Å². The summed E-state index contributed by atoms with van der Waals surface area (Å²) in [6.45, 7) is 6.86. The molecule has 7 nitrogen and oxygen atoms in total. The number of aromatic nitrogens is 2. The van der Waals surface area contributed by atoms with Crippen molar-refractivity contribution in [2.75, 3.05) is 11.5 Å². The molecule has 0 saturated carbocycles. The minimum atomic E-state index is -0.876. The van der Waals surface area contributed by atoms with Gasteiger partial charge in [-0.05, 0) is 54.0 Å². The molecule has 0 radical (unpaired) electrons. The molecule has 0 aliphatic carbocycles. The van der Waals surface area contributed by atoms with Gasteiger partial charge in [0.2, 0.25) is 10.9 Å². The molecule has 1 unspecified atom stereocenters. The largest absolute Gasteiger partial charge is 0.503 e. The number of anilines is 1. The molecule has 206 valence electrons. The number of aliphatic hydroxyl groups is 1. The van der Waals surface area contributed by atoms with Gasteiger partial charge in [0.1, 0.15) is 5.75 Å². The van der Waals surface area contributed by atoms with Crippen molar-refractivity contribution in [1.82, 2.24) is 10.2 Å². The second kappa shape index (κ2) is 12.4. The summed E-state index contributed by atoms with van der Waals surface area (Å²) in [7, 11) is 0. The molecule has 1 atom stereocenters. The number of aryl methyl sites for hydroxylation is 1. The van der Waals surface area contributed by atoms with Crippen LogP contribution in [0.1, 0.15) is 52.7 Å². The van der Waals surface area contributed by atoms with E-state index in [1.165, 1.54) is 44.9 Å². The number of carbonyl (C=O) groups excluding carboxylic acids is 2. The van der Waals surface area contributed by atoms with Crippen LogP contribution in [-0.4, -0.2) is 33.6 Å². The van der Waals surface area contributed by atoms with Gasteiger partial charge in [0.05, 0.1) is 23.1 Å². The molecule has 0 bridgehead atoms. The van der Waals surface area contributed by atoms with Gasteiger partial charge in [0, 0.05) is 5.75 Å². The van der Waals surface area contributed by atoms with Crippen LogP contribution in [0.15, 0.2) is 81.7 Å². The summed E-state index contributed by atoms with van der Waals surface area (Å²) in [4.78, 5) is 28.9. The number of nitrogens with zero attached hydrogens (tertiary/aromatic N) is 3. The molecule has 0 spiro atoms. The number of aliphatic hydroxyl groups excluding tert-OH is 1. The molecular formula is C30H29N3O4S3.